The minimum Gasteiger partial charge on any atom is -0.479 e. The summed E-state index contributed by atoms with van der Waals surface area (Å²) >= 11 is 0. The lowest BCUT2D eigenvalue weighted by Crippen LogP contribution is -2.45. The first-order valence-electron chi connectivity index (χ1n) is 6.79. The van der Waals surface area contributed by atoms with E-state index in [0.29, 0.717) is 37.9 Å². The summed E-state index contributed by atoms with van der Waals surface area (Å²) in [4.78, 5) is 17.2. The Hall–Kier alpha value is -2.18. The molecule has 1 fully saturated rings. The summed E-state index contributed by atoms with van der Waals surface area (Å²) in [5.74, 6) is 0.366. The van der Waals surface area contributed by atoms with Crippen molar-refractivity contribution < 1.29 is 19.1 Å². The molecule has 0 aliphatic carbocycles. The highest BCUT2D eigenvalue weighted by Crippen LogP contribution is 2.20. The molecule has 0 amide bonds. The molecule has 0 saturated carbocycles. The third kappa shape index (κ3) is 3.29. The Labute approximate surface area is 122 Å². The molecule has 6 nitrogen and oxygen atoms in total. The number of aliphatic carboxylic acids is 1. The van der Waals surface area contributed by atoms with Crippen LogP contribution in [0.15, 0.2) is 40.9 Å². The summed E-state index contributed by atoms with van der Waals surface area (Å²) in [6.07, 6.45) is 0.919. The highest BCUT2D eigenvalue weighted by molar-refractivity contribution is 5.72. The van der Waals surface area contributed by atoms with Gasteiger partial charge in [-0.3, -0.25) is 4.90 Å². The first kappa shape index (κ1) is 13.8. The van der Waals surface area contributed by atoms with Crippen molar-refractivity contribution in [2.45, 2.75) is 12.6 Å². The smallest absolute Gasteiger partial charge is 0.334 e. The third-order valence-electron chi connectivity index (χ3n) is 3.40. The molecular weight excluding hydrogens is 272 g/mol. The molecule has 6 heteroatoms. The van der Waals surface area contributed by atoms with Gasteiger partial charge in [0, 0.05) is 18.7 Å². The van der Waals surface area contributed by atoms with Crippen LogP contribution in [0, 0.1) is 0 Å². The van der Waals surface area contributed by atoms with Crippen LogP contribution < -0.4 is 0 Å². The van der Waals surface area contributed by atoms with Gasteiger partial charge in [0.1, 0.15) is 0 Å². The molecule has 1 aliphatic heterocycles. The van der Waals surface area contributed by atoms with Crippen molar-refractivity contribution in [3.63, 3.8) is 0 Å². The summed E-state index contributed by atoms with van der Waals surface area (Å²) in [6.45, 7) is 1.91. The second kappa shape index (κ2) is 6.07. The summed E-state index contributed by atoms with van der Waals surface area (Å²) in [7, 11) is 0. The van der Waals surface area contributed by atoms with E-state index in [1.54, 1.807) is 6.20 Å². The van der Waals surface area contributed by atoms with Crippen LogP contribution in [0.4, 0.5) is 0 Å². The first-order chi connectivity index (χ1) is 10.2. The summed E-state index contributed by atoms with van der Waals surface area (Å²) in [6, 6.07) is 9.74. The molecule has 0 bridgehead atoms. The number of carbonyl (C=O) groups is 1. The van der Waals surface area contributed by atoms with Gasteiger partial charge < -0.3 is 14.3 Å². The van der Waals surface area contributed by atoms with Gasteiger partial charge in [-0.2, -0.15) is 0 Å². The van der Waals surface area contributed by atoms with E-state index >= 15 is 0 Å². The topological polar surface area (TPSA) is 75.8 Å². The van der Waals surface area contributed by atoms with Gasteiger partial charge in [0.15, 0.2) is 11.9 Å². The third-order valence-corrected chi connectivity index (χ3v) is 3.40. The van der Waals surface area contributed by atoms with Crippen molar-refractivity contribution in [3.05, 3.63) is 42.4 Å². The average molecular weight is 288 g/mol. The van der Waals surface area contributed by atoms with Crippen LogP contribution in [-0.2, 0) is 16.1 Å². The highest BCUT2D eigenvalue weighted by Gasteiger charge is 2.26. The molecule has 1 aromatic carbocycles. The monoisotopic (exact) mass is 288 g/mol. The number of aromatic nitrogens is 1. The Balaban J connectivity index is 1.66. The number of morpholine rings is 1. The molecular formula is C15H16N2O4. The van der Waals surface area contributed by atoms with E-state index in [1.807, 2.05) is 35.2 Å². The van der Waals surface area contributed by atoms with E-state index in [9.17, 15) is 4.79 Å². The van der Waals surface area contributed by atoms with E-state index in [-0.39, 0.29) is 0 Å². The number of oxazole rings is 1. The lowest BCUT2D eigenvalue weighted by Gasteiger charge is -2.29. The molecule has 21 heavy (non-hydrogen) atoms. The van der Waals surface area contributed by atoms with Crippen LogP contribution in [0.1, 0.15) is 5.89 Å². The van der Waals surface area contributed by atoms with Crippen LogP contribution in [0.2, 0.25) is 0 Å². The minimum atomic E-state index is -0.933. The molecule has 1 N–H and O–H groups in total. The maximum atomic E-state index is 11.0. The van der Waals surface area contributed by atoms with Crippen molar-refractivity contribution in [1.29, 1.82) is 0 Å². The Kier molecular flexibility index (Phi) is 3.98. The normalized spacial score (nSPS) is 19.5. The lowest BCUT2D eigenvalue weighted by atomic mass is 10.2. The lowest BCUT2D eigenvalue weighted by molar-refractivity contribution is -0.156. The van der Waals surface area contributed by atoms with Gasteiger partial charge in [0.25, 0.3) is 0 Å². The number of carboxylic acids is 1. The van der Waals surface area contributed by atoms with E-state index < -0.39 is 12.1 Å². The summed E-state index contributed by atoms with van der Waals surface area (Å²) in [5, 5.41) is 8.98. The fourth-order valence-electron chi connectivity index (χ4n) is 2.31. The van der Waals surface area contributed by atoms with Crippen LogP contribution in [0.3, 0.4) is 0 Å². The molecule has 1 unspecified atom stereocenters. The molecule has 1 aromatic heterocycles. The molecule has 0 radical (unpaired) electrons. The van der Waals surface area contributed by atoms with Crippen molar-refractivity contribution >= 4 is 5.97 Å². The SMILES string of the molecule is O=C(O)C1CN(Cc2ncc(-c3ccccc3)o2)CCO1. The largest absolute Gasteiger partial charge is 0.479 e. The number of ether oxygens (including phenoxy) is 1. The van der Waals surface area contributed by atoms with Gasteiger partial charge in [-0.25, -0.2) is 9.78 Å². The fourth-order valence-corrected chi connectivity index (χ4v) is 2.31. The average Bonchev–Trinajstić information content (AvgIpc) is 2.97. The Morgan fingerprint density at radius 3 is 2.95 bits per heavy atom. The Morgan fingerprint density at radius 2 is 2.19 bits per heavy atom. The predicted molar refractivity (Wildman–Crippen MR) is 74.6 cm³/mol. The quantitative estimate of drug-likeness (QED) is 0.921. The molecule has 2 aromatic rings. The van der Waals surface area contributed by atoms with E-state index in [2.05, 4.69) is 4.98 Å². The van der Waals surface area contributed by atoms with Crippen LogP contribution in [0.25, 0.3) is 11.3 Å². The Morgan fingerprint density at radius 1 is 1.38 bits per heavy atom. The first-order valence-corrected chi connectivity index (χ1v) is 6.79. The van der Waals surface area contributed by atoms with E-state index in [4.69, 9.17) is 14.3 Å². The zero-order valence-electron chi connectivity index (χ0n) is 11.4. The molecule has 110 valence electrons. The second-order valence-corrected chi connectivity index (χ2v) is 4.92. The Bertz CT molecular complexity index is 611. The van der Waals surface area contributed by atoms with Crippen LogP contribution >= 0.6 is 0 Å². The van der Waals surface area contributed by atoms with Crippen molar-refractivity contribution in [3.8, 4) is 11.3 Å². The molecule has 1 saturated heterocycles. The number of benzene rings is 1. The highest BCUT2D eigenvalue weighted by atomic mass is 16.5. The minimum absolute atomic E-state index is 0.346. The maximum absolute atomic E-state index is 11.0. The zero-order valence-corrected chi connectivity index (χ0v) is 11.4. The zero-order chi connectivity index (χ0) is 14.7. The predicted octanol–water partition coefficient (Wildman–Crippen LogP) is 1.63. The van der Waals surface area contributed by atoms with Gasteiger partial charge in [-0.15, -0.1) is 0 Å². The number of carboxylic acid groups (broad SMARTS) is 1. The number of rotatable bonds is 4. The fraction of sp³-hybridized carbons (Fsp3) is 0.333. The van der Waals surface area contributed by atoms with Gasteiger partial charge >= 0.3 is 5.97 Å². The molecule has 1 aliphatic rings. The van der Waals surface area contributed by atoms with Crippen LogP contribution in [0.5, 0.6) is 0 Å². The van der Waals surface area contributed by atoms with Gasteiger partial charge in [-0.1, -0.05) is 30.3 Å². The summed E-state index contributed by atoms with van der Waals surface area (Å²) < 4.78 is 10.9. The standard InChI is InChI=1S/C15H16N2O4/c18-15(19)13-9-17(6-7-20-13)10-14-16-8-12(21-14)11-4-2-1-3-5-11/h1-5,8,13H,6-7,9-10H2,(H,18,19). The second-order valence-electron chi connectivity index (χ2n) is 4.92. The van der Waals surface area contributed by atoms with E-state index in [0.717, 1.165) is 5.56 Å². The summed E-state index contributed by atoms with van der Waals surface area (Å²) in [5.41, 5.74) is 0.974. The van der Waals surface area contributed by atoms with Crippen molar-refractivity contribution in [2.24, 2.45) is 0 Å². The molecule has 1 atom stereocenters. The molecule has 3 rings (SSSR count). The van der Waals surface area contributed by atoms with Gasteiger partial charge in [0.2, 0.25) is 5.89 Å². The number of nitrogens with zero attached hydrogens (tertiary/aromatic N) is 2. The number of hydrogen-bond donors (Lipinski definition) is 1. The van der Waals surface area contributed by atoms with Gasteiger partial charge in [-0.05, 0) is 0 Å². The van der Waals surface area contributed by atoms with Crippen LogP contribution in [-0.4, -0.2) is 46.8 Å². The molecule has 2 heterocycles. The van der Waals surface area contributed by atoms with Crippen molar-refractivity contribution in [1.82, 2.24) is 9.88 Å². The van der Waals surface area contributed by atoms with E-state index in [1.165, 1.54) is 0 Å². The maximum Gasteiger partial charge on any atom is 0.334 e. The molecule has 0 spiro atoms. The number of hydrogen-bond acceptors (Lipinski definition) is 5. The van der Waals surface area contributed by atoms with Crippen molar-refractivity contribution in [2.75, 3.05) is 19.7 Å². The van der Waals surface area contributed by atoms with Gasteiger partial charge in [0.05, 0.1) is 19.3 Å².